The second kappa shape index (κ2) is 12.2. The number of benzene rings is 8. The van der Waals surface area contributed by atoms with E-state index >= 15 is 0 Å². The first kappa shape index (κ1) is 28.6. The first-order valence-corrected chi connectivity index (χ1v) is 16.6. The normalized spacial score (nSPS) is 11.3. The van der Waals surface area contributed by atoms with Crippen LogP contribution in [0.25, 0.3) is 43.8 Å². The average Bonchev–Trinajstić information content (AvgIpc) is 3.57. The molecule has 0 spiro atoms. The molecule has 232 valence electrons. The maximum atomic E-state index is 6.70. The lowest BCUT2D eigenvalue weighted by Crippen LogP contribution is -2.17. The Labute approximate surface area is 285 Å². The van der Waals surface area contributed by atoms with Gasteiger partial charge in [-0.15, -0.1) is 0 Å². The largest absolute Gasteiger partial charge is 0.456 e. The second-order valence-electron chi connectivity index (χ2n) is 12.2. The van der Waals surface area contributed by atoms with Gasteiger partial charge in [0.2, 0.25) is 0 Å². The summed E-state index contributed by atoms with van der Waals surface area (Å²) in [5, 5.41) is 4.51. The summed E-state index contributed by atoms with van der Waals surface area (Å²) in [7, 11) is 0. The molecule has 1 aromatic heterocycles. The predicted octanol–water partition coefficient (Wildman–Crippen LogP) is 13.3. The first-order valence-electron chi connectivity index (χ1n) is 16.6. The fourth-order valence-electron chi connectivity index (χ4n) is 7.03. The van der Waals surface area contributed by atoms with Gasteiger partial charge in [0.25, 0.3) is 0 Å². The highest BCUT2D eigenvalue weighted by molar-refractivity contribution is 6.25. The molecule has 0 N–H and O–H groups in total. The van der Waals surface area contributed by atoms with E-state index in [9.17, 15) is 0 Å². The van der Waals surface area contributed by atoms with E-state index in [4.69, 9.17) is 4.42 Å². The van der Waals surface area contributed by atoms with Gasteiger partial charge in [-0.1, -0.05) is 127 Å². The smallest absolute Gasteiger partial charge is 0.137 e. The van der Waals surface area contributed by atoms with E-state index in [-0.39, 0.29) is 0 Å². The minimum absolute atomic E-state index is 0.841. The van der Waals surface area contributed by atoms with Gasteiger partial charge in [0.1, 0.15) is 11.2 Å². The van der Waals surface area contributed by atoms with Crippen LogP contribution in [0, 0.1) is 0 Å². The zero-order valence-corrected chi connectivity index (χ0v) is 26.8. The number of hydrogen-bond donors (Lipinski definition) is 0. The number of furan rings is 1. The van der Waals surface area contributed by atoms with Crippen LogP contribution in [-0.2, 0) is 0 Å². The summed E-state index contributed by atoms with van der Waals surface area (Å²) in [5.74, 6) is 0. The molecule has 49 heavy (non-hydrogen) atoms. The van der Waals surface area contributed by atoms with E-state index in [2.05, 4.69) is 204 Å². The Morgan fingerprint density at radius 2 is 0.857 bits per heavy atom. The first-order chi connectivity index (χ1) is 24.3. The Kier molecular flexibility index (Phi) is 7.14. The van der Waals surface area contributed by atoms with Gasteiger partial charge in [-0.2, -0.15) is 0 Å². The van der Waals surface area contributed by atoms with Crippen LogP contribution >= 0.6 is 0 Å². The van der Waals surface area contributed by atoms with Gasteiger partial charge < -0.3 is 14.2 Å². The van der Waals surface area contributed by atoms with Crippen LogP contribution in [0.5, 0.6) is 0 Å². The summed E-state index contributed by atoms with van der Waals surface area (Å²) in [6, 6.07) is 68.5. The molecular weight excluding hydrogens is 597 g/mol. The molecule has 8 aromatic carbocycles. The summed E-state index contributed by atoms with van der Waals surface area (Å²) in [6.45, 7) is 0. The predicted molar refractivity (Wildman–Crippen MR) is 206 cm³/mol. The van der Waals surface area contributed by atoms with Crippen molar-refractivity contribution >= 4 is 66.8 Å². The molecule has 0 fully saturated rings. The minimum Gasteiger partial charge on any atom is -0.456 e. The van der Waals surface area contributed by atoms with E-state index in [1.807, 2.05) is 0 Å². The number of anilines is 6. The molecule has 0 atom stereocenters. The van der Waals surface area contributed by atoms with E-state index in [0.29, 0.717) is 0 Å². The van der Waals surface area contributed by atoms with Gasteiger partial charge in [0.05, 0.1) is 16.8 Å². The van der Waals surface area contributed by atoms with E-state index < -0.39 is 0 Å². The molecule has 0 aliphatic carbocycles. The molecular formula is C46H32N2O. The van der Waals surface area contributed by atoms with Crippen LogP contribution in [0.2, 0.25) is 0 Å². The number of rotatable bonds is 7. The Bertz CT molecular complexity index is 2500. The number of para-hydroxylation sites is 3. The lowest BCUT2D eigenvalue weighted by molar-refractivity contribution is 0.669. The topological polar surface area (TPSA) is 19.6 Å². The quantitative estimate of drug-likeness (QED) is 0.175. The minimum atomic E-state index is 0.841. The van der Waals surface area contributed by atoms with Crippen molar-refractivity contribution in [3.8, 4) is 11.1 Å². The highest BCUT2D eigenvalue weighted by Crippen LogP contribution is 2.52. The van der Waals surface area contributed by atoms with Crippen molar-refractivity contribution in [2.24, 2.45) is 0 Å². The van der Waals surface area contributed by atoms with Crippen molar-refractivity contribution in [2.45, 2.75) is 0 Å². The van der Waals surface area contributed by atoms with Crippen molar-refractivity contribution in [3.63, 3.8) is 0 Å². The van der Waals surface area contributed by atoms with Crippen LogP contribution in [0.3, 0.4) is 0 Å². The SMILES string of the molecule is c1ccc(-c2cccc(N(c3ccccc3)c3ccc4oc5ccc6ccccc6c5c4c3N(c3ccccc3)c3ccccc3)c2)cc1. The van der Waals surface area contributed by atoms with Crippen LogP contribution in [0.1, 0.15) is 0 Å². The zero-order chi connectivity index (χ0) is 32.6. The van der Waals surface area contributed by atoms with Crippen molar-refractivity contribution < 1.29 is 4.42 Å². The Balaban J connectivity index is 1.43. The average molecular weight is 629 g/mol. The van der Waals surface area contributed by atoms with E-state index in [1.54, 1.807) is 0 Å². The number of nitrogens with zero attached hydrogens (tertiary/aromatic N) is 2. The number of fused-ring (bicyclic) bond motifs is 5. The van der Waals surface area contributed by atoms with Crippen molar-refractivity contribution in [2.75, 3.05) is 9.80 Å². The fraction of sp³-hybridized carbons (Fsp3) is 0. The summed E-state index contributed by atoms with van der Waals surface area (Å²) in [4.78, 5) is 4.76. The third-order valence-corrected chi connectivity index (χ3v) is 9.20. The molecule has 3 nitrogen and oxygen atoms in total. The van der Waals surface area contributed by atoms with Crippen LogP contribution in [0.15, 0.2) is 199 Å². The summed E-state index contributed by atoms with van der Waals surface area (Å²) in [6.07, 6.45) is 0. The maximum Gasteiger partial charge on any atom is 0.137 e. The van der Waals surface area contributed by atoms with Crippen LogP contribution in [-0.4, -0.2) is 0 Å². The lowest BCUT2D eigenvalue weighted by Gasteiger charge is -2.34. The van der Waals surface area contributed by atoms with Crippen LogP contribution in [0.4, 0.5) is 34.1 Å². The van der Waals surface area contributed by atoms with Gasteiger partial charge in [-0.05, 0) is 88.6 Å². The molecule has 0 aliphatic rings. The Morgan fingerprint density at radius 3 is 1.53 bits per heavy atom. The molecule has 0 unspecified atom stereocenters. The van der Waals surface area contributed by atoms with Crippen molar-refractivity contribution in [1.82, 2.24) is 0 Å². The fourth-order valence-corrected chi connectivity index (χ4v) is 7.03. The number of hydrogen-bond acceptors (Lipinski definition) is 3. The molecule has 0 bridgehead atoms. The standard InChI is InChI=1S/C46H32N2O/c1-5-16-33(17-6-1)35-19-15-26-39(32-35)47(36-20-7-2-8-21-36)41-29-31-43-45(44-40-27-14-13-18-34(40)28-30-42(44)49-43)46(41)48(37-22-9-3-10-23-37)38-24-11-4-12-25-38/h1-32H. The molecule has 9 rings (SSSR count). The lowest BCUT2D eigenvalue weighted by atomic mass is 10.00. The van der Waals surface area contributed by atoms with E-state index in [1.165, 1.54) is 10.9 Å². The summed E-state index contributed by atoms with van der Waals surface area (Å²) < 4.78 is 6.70. The Morgan fingerprint density at radius 1 is 0.347 bits per heavy atom. The third-order valence-electron chi connectivity index (χ3n) is 9.20. The highest BCUT2D eigenvalue weighted by atomic mass is 16.3. The van der Waals surface area contributed by atoms with Gasteiger partial charge in [-0.25, -0.2) is 0 Å². The van der Waals surface area contributed by atoms with Gasteiger partial charge >= 0.3 is 0 Å². The second-order valence-corrected chi connectivity index (χ2v) is 12.2. The molecule has 0 saturated heterocycles. The molecule has 0 amide bonds. The van der Waals surface area contributed by atoms with E-state index in [0.717, 1.165) is 67.0 Å². The monoisotopic (exact) mass is 628 g/mol. The van der Waals surface area contributed by atoms with Crippen molar-refractivity contribution in [1.29, 1.82) is 0 Å². The van der Waals surface area contributed by atoms with Crippen LogP contribution < -0.4 is 9.80 Å². The Hall–Kier alpha value is -6.58. The molecule has 0 aliphatic heterocycles. The van der Waals surface area contributed by atoms with Gasteiger partial charge in [0.15, 0.2) is 0 Å². The van der Waals surface area contributed by atoms with Gasteiger partial charge in [0, 0.05) is 28.1 Å². The molecule has 1 heterocycles. The summed E-state index contributed by atoms with van der Waals surface area (Å²) in [5.41, 5.74) is 10.4. The summed E-state index contributed by atoms with van der Waals surface area (Å²) >= 11 is 0. The molecule has 0 saturated carbocycles. The maximum absolute atomic E-state index is 6.70. The zero-order valence-electron chi connectivity index (χ0n) is 26.8. The highest BCUT2D eigenvalue weighted by Gasteiger charge is 2.27. The molecule has 0 radical (unpaired) electrons. The molecule has 9 aromatic rings. The van der Waals surface area contributed by atoms with Crippen molar-refractivity contribution in [3.05, 3.63) is 194 Å². The molecule has 3 heteroatoms. The third kappa shape index (κ3) is 5.09. The van der Waals surface area contributed by atoms with Gasteiger partial charge in [-0.3, -0.25) is 0 Å².